The average Bonchev–Trinajstić information content (AvgIpc) is 3.39. The highest BCUT2D eigenvalue weighted by molar-refractivity contribution is 5.98. The minimum atomic E-state index is -0.665. The van der Waals surface area contributed by atoms with Gasteiger partial charge in [-0.15, -0.1) is 0 Å². The number of carbonyl (C=O) groups excluding carboxylic acids is 2. The molecule has 0 bridgehead atoms. The second kappa shape index (κ2) is 7.30. The van der Waals surface area contributed by atoms with Gasteiger partial charge in [0, 0.05) is 19.1 Å². The Morgan fingerprint density at radius 2 is 1.78 bits per heavy atom. The second-order valence-corrected chi connectivity index (χ2v) is 8.54. The molecule has 3 aliphatic rings. The maximum Gasteiger partial charge on any atom is 0.290 e. The number of rotatable bonds is 4. The quantitative estimate of drug-likeness (QED) is 0.814. The number of hydrogen-bond acceptors (Lipinski definition) is 4. The van der Waals surface area contributed by atoms with E-state index in [9.17, 15) is 9.59 Å². The number of nitrogens with zero attached hydrogens (tertiary/aromatic N) is 3. The average molecular weight is 373 g/mol. The van der Waals surface area contributed by atoms with Gasteiger partial charge in [-0.1, -0.05) is 0 Å². The van der Waals surface area contributed by atoms with E-state index in [-0.39, 0.29) is 17.9 Å². The number of hydrogen-bond donors (Lipinski definition) is 0. The van der Waals surface area contributed by atoms with Gasteiger partial charge in [0.2, 0.25) is 5.91 Å². The van der Waals surface area contributed by atoms with Crippen molar-refractivity contribution in [3.05, 3.63) is 23.7 Å². The monoisotopic (exact) mass is 373 g/mol. The normalized spacial score (nSPS) is 26.7. The molecule has 27 heavy (non-hydrogen) atoms. The van der Waals surface area contributed by atoms with Crippen LogP contribution in [0.5, 0.6) is 0 Å². The van der Waals surface area contributed by atoms with Crippen molar-refractivity contribution in [1.29, 1.82) is 0 Å². The Bertz CT molecular complexity index is 707. The molecule has 1 atom stereocenters. The first-order valence-corrected chi connectivity index (χ1v) is 10.5. The summed E-state index contributed by atoms with van der Waals surface area (Å²) in [5.74, 6) is 1.21. The molecule has 0 aliphatic carbocycles. The van der Waals surface area contributed by atoms with Crippen LogP contribution in [0.15, 0.2) is 16.5 Å². The van der Waals surface area contributed by atoms with Gasteiger partial charge in [0.1, 0.15) is 11.3 Å². The topological polar surface area (TPSA) is 57.0 Å². The molecule has 1 aromatic heterocycles. The lowest BCUT2D eigenvalue weighted by Crippen LogP contribution is -2.62. The molecular weight excluding hydrogens is 342 g/mol. The van der Waals surface area contributed by atoms with Crippen molar-refractivity contribution in [3.63, 3.8) is 0 Å². The SMILES string of the molecule is CC(C)N1CCCC2(CCCN2C(=O)c2ccc(CN3CCCC3)o2)C1=O. The van der Waals surface area contributed by atoms with E-state index in [1.807, 2.05) is 15.9 Å². The molecule has 1 spiro atoms. The number of furan rings is 1. The van der Waals surface area contributed by atoms with Crippen LogP contribution in [0.25, 0.3) is 0 Å². The van der Waals surface area contributed by atoms with Gasteiger partial charge in [-0.05, 0) is 77.6 Å². The van der Waals surface area contributed by atoms with Gasteiger partial charge in [0.15, 0.2) is 5.76 Å². The summed E-state index contributed by atoms with van der Waals surface area (Å²) >= 11 is 0. The third kappa shape index (κ3) is 3.28. The van der Waals surface area contributed by atoms with Gasteiger partial charge in [-0.25, -0.2) is 0 Å². The molecule has 3 saturated heterocycles. The fourth-order valence-electron chi connectivity index (χ4n) is 5.04. The second-order valence-electron chi connectivity index (χ2n) is 8.54. The van der Waals surface area contributed by atoms with Crippen molar-refractivity contribution in [2.24, 2.45) is 0 Å². The summed E-state index contributed by atoms with van der Waals surface area (Å²) in [6.07, 6.45) is 5.83. The molecule has 3 fully saturated rings. The molecule has 0 N–H and O–H groups in total. The maximum absolute atomic E-state index is 13.3. The van der Waals surface area contributed by atoms with Gasteiger partial charge in [-0.2, -0.15) is 0 Å². The summed E-state index contributed by atoms with van der Waals surface area (Å²) in [6, 6.07) is 3.87. The molecular formula is C21H31N3O3. The predicted molar refractivity (Wildman–Crippen MR) is 102 cm³/mol. The van der Waals surface area contributed by atoms with E-state index in [2.05, 4.69) is 18.7 Å². The smallest absolute Gasteiger partial charge is 0.290 e. The van der Waals surface area contributed by atoms with Crippen LogP contribution in [0.2, 0.25) is 0 Å². The van der Waals surface area contributed by atoms with E-state index in [4.69, 9.17) is 4.42 Å². The molecule has 0 radical (unpaired) electrons. The van der Waals surface area contributed by atoms with Crippen LogP contribution in [-0.2, 0) is 11.3 Å². The number of amides is 2. The molecule has 1 unspecified atom stereocenters. The molecule has 4 rings (SSSR count). The van der Waals surface area contributed by atoms with E-state index >= 15 is 0 Å². The molecule has 6 nitrogen and oxygen atoms in total. The molecule has 0 aromatic carbocycles. The Balaban J connectivity index is 1.52. The molecule has 4 heterocycles. The molecule has 3 aliphatic heterocycles. The number of carbonyl (C=O) groups is 2. The zero-order valence-corrected chi connectivity index (χ0v) is 16.6. The van der Waals surface area contributed by atoms with Crippen LogP contribution in [0.1, 0.15) is 68.7 Å². The summed E-state index contributed by atoms with van der Waals surface area (Å²) in [6.45, 7) is 8.49. The van der Waals surface area contributed by atoms with Crippen molar-refractivity contribution in [1.82, 2.24) is 14.7 Å². The van der Waals surface area contributed by atoms with Crippen molar-refractivity contribution in [2.75, 3.05) is 26.2 Å². The summed E-state index contributed by atoms with van der Waals surface area (Å²) in [7, 11) is 0. The van der Waals surface area contributed by atoms with Gasteiger partial charge < -0.3 is 14.2 Å². The van der Waals surface area contributed by atoms with Gasteiger partial charge in [0.05, 0.1) is 6.54 Å². The largest absolute Gasteiger partial charge is 0.455 e. The summed E-state index contributed by atoms with van der Waals surface area (Å²) in [5.41, 5.74) is -0.665. The minimum Gasteiger partial charge on any atom is -0.455 e. The van der Waals surface area contributed by atoms with E-state index in [1.54, 1.807) is 6.07 Å². The Morgan fingerprint density at radius 1 is 1.07 bits per heavy atom. The van der Waals surface area contributed by atoms with Crippen LogP contribution in [0.3, 0.4) is 0 Å². The van der Waals surface area contributed by atoms with Crippen molar-refractivity contribution in [3.8, 4) is 0 Å². The van der Waals surface area contributed by atoms with Gasteiger partial charge in [-0.3, -0.25) is 14.5 Å². The molecule has 148 valence electrons. The van der Waals surface area contributed by atoms with Crippen molar-refractivity contribution in [2.45, 2.75) is 70.5 Å². The Morgan fingerprint density at radius 3 is 2.48 bits per heavy atom. The van der Waals surface area contributed by atoms with Crippen LogP contribution >= 0.6 is 0 Å². The summed E-state index contributed by atoms with van der Waals surface area (Å²) in [5, 5.41) is 0. The molecule has 0 saturated carbocycles. The standard InChI is InChI=1S/C21H31N3O3/c1-16(2)23-13-5-9-21(20(23)26)10-6-14-24(21)19(25)18-8-7-17(27-18)15-22-11-3-4-12-22/h7-8,16H,3-6,9-15H2,1-2H3. The van der Waals surface area contributed by atoms with Gasteiger partial charge in [0.25, 0.3) is 5.91 Å². The summed E-state index contributed by atoms with van der Waals surface area (Å²) in [4.78, 5) is 32.6. The Kier molecular flexibility index (Phi) is 5.01. The van der Waals surface area contributed by atoms with E-state index in [0.29, 0.717) is 12.3 Å². The highest BCUT2D eigenvalue weighted by atomic mass is 16.4. The lowest BCUT2D eigenvalue weighted by atomic mass is 9.84. The highest BCUT2D eigenvalue weighted by Crippen LogP contribution is 2.39. The number of piperidine rings is 1. The molecule has 1 aromatic rings. The minimum absolute atomic E-state index is 0.124. The predicted octanol–water partition coefficient (Wildman–Crippen LogP) is 2.88. The summed E-state index contributed by atoms with van der Waals surface area (Å²) < 4.78 is 5.91. The zero-order valence-electron chi connectivity index (χ0n) is 16.6. The fourth-order valence-corrected chi connectivity index (χ4v) is 5.04. The fraction of sp³-hybridized carbons (Fsp3) is 0.714. The van der Waals surface area contributed by atoms with Crippen LogP contribution in [-0.4, -0.2) is 64.3 Å². The first kappa shape index (κ1) is 18.5. The third-order valence-electron chi connectivity index (χ3n) is 6.46. The first-order chi connectivity index (χ1) is 13.0. The van der Waals surface area contributed by atoms with Crippen molar-refractivity contribution < 1.29 is 14.0 Å². The van der Waals surface area contributed by atoms with Crippen LogP contribution in [0, 0.1) is 0 Å². The molecule has 2 amide bonds. The Labute approximate surface area is 161 Å². The lowest BCUT2D eigenvalue weighted by molar-refractivity contribution is -0.147. The van der Waals surface area contributed by atoms with Crippen molar-refractivity contribution >= 4 is 11.8 Å². The van der Waals surface area contributed by atoms with E-state index < -0.39 is 5.54 Å². The van der Waals surface area contributed by atoms with Crippen LogP contribution in [0.4, 0.5) is 0 Å². The number of likely N-dealkylation sites (tertiary alicyclic amines) is 3. The van der Waals surface area contributed by atoms with E-state index in [0.717, 1.165) is 57.6 Å². The first-order valence-electron chi connectivity index (χ1n) is 10.5. The Hall–Kier alpha value is -1.82. The van der Waals surface area contributed by atoms with E-state index in [1.165, 1.54) is 12.8 Å². The molecule has 6 heteroatoms. The zero-order chi connectivity index (χ0) is 19.0. The van der Waals surface area contributed by atoms with Gasteiger partial charge >= 0.3 is 0 Å². The maximum atomic E-state index is 13.3. The lowest BCUT2D eigenvalue weighted by Gasteiger charge is -2.45. The highest BCUT2D eigenvalue weighted by Gasteiger charge is 2.53. The third-order valence-corrected chi connectivity index (χ3v) is 6.46. The van der Waals surface area contributed by atoms with Crippen LogP contribution < -0.4 is 0 Å².